The molecule has 1 fully saturated rings. The molecule has 0 saturated heterocycles. The quantitative estimate of drug-likeness (QED) is 0.334. The third-order valence-corrected chi connectivity index (χ3v) is 6.29. The zero-order valence-electron chi connectivity index (χ0n) is 19.5. The molecule has 8 nitrogen and oxygen atoms in total. The third kappa shape index (κ3) is 5.16. The summed E-state index contributed by atoms with van der Waals surface area (Å²) in [4.78, 5) is 36.6. The first-order valence-electron chi connectivity index (χ1n) is 11.8. The number of carbonyl (C=O) groups excluding carboxylic acids is 2. The summed E-state index contributed by atoms with van der Waals surface area (Å²) < 4.78 is 5.84. The van der Waals surface area contributed by atoms with Crippen molar-refractivity contribution < 1.29 is 14.3 Å². The van der Waals surface area contributed by atoms with Gasteiger partial charge in [-0.25, -0.2) is 9.97 Å². The predicted octanol–water partition coefficient (Wildman–Crippen LogP) is 4.84. The molecule has 0 radical (unpaired) electrons. The van der Waals surface area contributed by atoms with Crippen molar-refractivity contribution in [2.45, 2.75) is 44.7 Å². The van der Waals surface area contributed by atoms with E-state index >= 15 is 0 Å². The number of amides is 1. The predicted molar refractivity (Wildman–Crippen MR) is 134 cm³/mol. The maximum atomic E-state index is 13.4. The van der Waals surface area contributed by atoms with Crippen LogP contribution in [0.4, 0.5) is 5.82 Å². The molecule has 1 saturated carbocycles. The Bertz CT molecular complexity index is 1330. The topological polar surface area (TPSA) is 109 Å². The number of nitrogens with one attached hydrogen (secondary N) is 3. The number of H-pyrrole nitrogens is 1. The Morgan fingerprint density at radius 1 is 0.914 bits per heavy atom. The Morgan fingerprint density at radius 3 is 2.31 bits per heavy atom. The van der Waals surface area contributed by atoms with Crippen molar-refractivity contribution in [1.82, 2.24) is 20.3 Å². The molecule has 0 aliphatic heterocycles. The highest BCUT2D eigenvalue weighted by molar-refractivity contribution is 6.18. The summed E-state index contributed by atoms with van der Waals surface area (Å²) in [6, 6.07) is 17.0. The molecule has 1 amide bonds. The van der Waals surface area contributed by atoms with Crippen LogP contribution in [0.25, 0.3) is 11.0 Å². The van der Waals surface area contributed by atoms with E-state index in [0.29, 0.717) is 33.7 Å². The number of aromatic amines is 1. The average molecular weight is 470 g/mol. The first kappa shape index (κ1) is 22.6. The fourth-order valence-electron chi connectivity index (χ4n) is 4.57. The molecule has 2 aromatic carbocycles. The lowest BCUT2D eigenvalue weighted by Crippen LogP contribution is -2.39. The number of ketones is 1. The van der Waals surface area contributed by atoms with Crippen LogP contribution in [0.2, 0.25) is 0 Å². The van der Waals surface area contributed by atoms with Crippen molar-refractivity contribution in [1.29, 1.82) is 0 Å². The maximum Gasteiger partial charge on any atom is 0.217 e. The Kier molecular flexibility index (Phi) is 6.43. The highest BCUT2D eigenvalue weighted by Crippen LogP contribution is 2.29. The van der Waals surface area contributed by atoms with Crippen molar-refractivity contribution in [2.75, 3.05) is 5.32 Å². The van der Waals surface area contributed by atoms with E-state index in [1.165, 1.54) is 6.33 Å². The molecule has 1 aliphatic carbocycles. The summed E-state index contributed by atoms with van der Waals surface area (Å²) in [6.45, 7) is 1.55. The second kappa shape index (κ2) is 9.97. The summed E-state index contributed by atoms with van der Waals surface area (Å²) in [5.74, 6) is 1.94. The van der Waals surface area contributed by atoms with Gasteiger partial charge in [-0.1, -0.05) is 18.2 Å². The second-order valence-electron chi connectivity index (χ2n) is 8.81. The van der Waals surface area contributed by atoms with Gasteiger partial charge in [-0.05, 0) is 62.1 Å². The van der Waals surface area contributed by atoms with Crippen LogP contribution in [0.3, 0.4) is 0 Å². The van der Waals surface area contributed by atoms with Gasteiger partial charge in [0, 0.05) is 30.8 Å². The van der Waals surface area contributed by atoms with Gasteiger partial charge >= 0.3 is 0 Å². The summed E-state index contributed by atoms with van der Waals surface area (Å²) in [6.07, 6.45) is 6.81. The molecule has 4 aromatic rings. The minimum Gasteiger partial charge on any atom is -0.457 e. The summed E-state index contributed by atoms with van der Waals surface area (Å²) >= 11 is 0. The van der Waals surface area contributed by atoms with Crippen molar-refractivity contribution in [3.8, 4) is 11.5 Å². The third-order valence-electron chi connectivity index (χ3n) is 6.29. The van der Waals surface area contributed by atoms with E-state index in [9.17, 15) is 9.59 Å². The number of nitrogens with zero attached hydrogens (tertiary/aromatic N) is 2. The molecule has 5 rings (SSSR count). The molecule has 8 heteroatoms. The van der Waals surface area contributed by atoms with Crippen molar-refractivity contribution in [2.24, 2.45) is 0 Å². The summed E-state index contributed by atoms with van der Waals surface area (Å²) in [5.41, 5.74) is 1.69. The lowest BCUT2D eigenvalue weighted by atomic mass is 9.91. The minimum absolute atomic E-state index is 0.00839. The van der Waals surface area contributed by atoms with Gasteiger partial charge in [0.2, 0.25) is 5.91 Å². The highest BCUT2D eigenvalue weighted by Gasteiger charge is 2.24. The van der Waals surface area contributed by atoms with Gasteiger partial charge < -0.3 is 20.4 Å². The van der Waals surface area contributed by atoms with Crippen molar-refractivity contribution in [3.63, 3.8) is 0 Å². The molecule has 0 spiro atoms. The fourth-order valence-corrected chi connectivity index (χ4v) is 4.57. The number of anilines is 1. The number of para-hydroxylation sites is 1. The smallest absolute Gasteiger partial charge is 0.217 e. The van der Waals surface area contributed by atoms with E-state index < -0.39 is 0 Å². The number of aromatic nitrogens is 3. The lowest BCUT2D eigenvalue weighted by molar-refractivity contribution is -0.119. The second-order valence-corrected chi connectivity index (χ2v) is 8.81. The van der Waals surface area contributed by atoms with E-state index in [1.54, 1.807) is 37.4 Å². The van der Waals surface area contributed by atoms with Gasteiger partial charge in [0.05, 0.1) is 10.9 Å². The van der Waals surface area contributed by atoms with Gasteiger partial charge in [-0.15, -0.1) is 0 Å². The normalized spacial score (nSPS) is 17.6. The van der Waals surface area contributed by atoms with E-state index in [0.717, 1.165) is 31.4 Å². The van der Waals surface area contributed by atoms with Gasteiger partial charge in [-0.2, -0.15) is 0 Å². The standard InChI is InChI=1S/C27H27N5O3/c1-17(33)31-19-9-11-20(12-10-19)32-27-24-23(15-28-26(24)29-16-30-27)25(34)18-7-13-22(14-8-18)35-21-5-3-2-4-6-21/h2-8,13-16,19-20H,9-12H2,1H3,(H,31,33)(H2,28,29,30,32)/t19-,20+. The summed E-state index contributed by atoms with van der Waals surface area (Å²) in [5, 5.41) is 7.20. The van der Waals surface area contributed by atoms with Gasteiger partial charge in [0.15, 0.2) is 5.78 Å². The van der Waals surface area contributed by atoms with Gasteiger partial charge in [0.25, 0.3) is 0 Å². The number of hydrogen-bond acceptors (Lipinski definition) is 6. The first-order chi connectivity index (χ1) is 17.1. The highest BCUT2D eigenvalue weighted by atomic mass is 16.5. The number of carbonyl (C=O) groups is 2. The van der Waals surface area contributed by atoms with Crippen molar-refractivity contribution >= 4 is 28.5 Å². The molecule has 178 valence electrons. The average Bonchev–Trinajstić information content (AvgIpc) is 3.31. The zero-order chi connectivity index (χ0) is 24.2. The van der Waals surface area contributed by atoms with Gasteiger partial charge in [-0.3, -0.25) is 9.59 Å². The Balaban J connectivity index is 1.33. The lowest BCUT2D eigenvalue weighted by Gasteiger charge is -2.29. The van der Waals surface area contributed by atoms with Crippen LogP contribution in [-0.4, -0.2) is 38.7 Å². The SMILES string of the molecule is CC(=O)N[C@H]1CC[C@@H](Nc2ncnc3[nH]cc(C(=O)c4ccc(Oc5ccccc5)cc4)c23)CC1. The molecule has 0 atom stereocenters. The first-order valence-corrected chi connectivity index (χ1v) is 11.8. The number of hydrogen-bond donors (Lipinski definition) is 3. The molecule has 1 aliphatic rings. The Hall–Kier alpha value is -4.20. The van der Waals surface area contributed by atoms with Crippen LogP contribution in [0.5, 0.6) is 11.5 Å². The molecular formula is C27H27N5O3. The van der Waals surface area contributed by atoms with E-state index in [1.807, 2.05) is 30.3 Å². The Morgan fingerprint density at radius 2 is 1.60 bits per heavy atom. The molecule has 0 unspecified atom stereocenters. The van der Waals surface area contributed by atoms with Gasteiger partial charge in [0.1, 0.15) is 29.3 Å². The fraction of sp³-hybridized carbons (Fsp3) is 0.259. The zero-order valence-corrected chi connectivity index (χ0v) is 19.5. The van der Waals surface area contributed by atoms with Crippen molar-refractivity contribution in [3.05, 3.63) is 78.2 Å². The molecule has 0 bridgehead atoms. The summed E-state index contributed by atoms with van der Waals surface area (Å²) in [7, 11) is 0. The molecule has 2 aromatic heterocycles. The Labute approximate surface area is 203 Å². The minimum atomic E-state index is -0.116. The molecule has 3 N–H and O–H groups in total. The van der Waals surface area contributed by atoms with Crippen LogP contribution in [0.1, 0.15) is 48.5 Å². The molecule has 2 heterocycles. The van der Waals surface area contributed by atoms with Crippen LogP contribution in [-0.2, 0) is 4.79 Å². The molecule has 35 heavy (non-hydrogen) atoms. The van der Waals surface area contributed by atoms with E-state index in [4.69, 9.17) is 4.74 Å². The maximum absolute atomic E-state index is 13.4. The monoisotopic (exact) mass is 469 g/mol. The number of fused-ring (bicyclic) bond motifs is 1. The van der Waals surface area contributed by atoms with Crippen LogP contribution >= 0.6 is 0 Å². The van der Waals surface area contributed by atoms with E-state index in [2.05, 4.69) is 25.6 Å². The van der Waals surface area contributed by atoms with Crippen LogP contribution < -0.4 is 15.4 Å². The van der Waals surface area contributed by atoms with Crippen LogP contribution in [0.15, 0.2) is 67.1 Å². The van der Waals surface area contributed by atoms with E-state index in [-0.39, 0.29) is 23.8 Å². The van der Waals surface area contributed by atoms with Crippen LogP contribution in [0, 0.1) is 0 Å². The molecular weight excluding hydrogens is 442 g/mol. The number of benzene rings is 2. The number of rotatable bonds is 7. The largest absolute Gasteiger partial charge is 0.457 e. The number of ether oxygens (including phenoxy) is 1.